The Morgan fingerprint density at radius 1 is 1.05 bits per heavy atom. The summed E-state index contributed by atoms with van der Waals surface area (Å²) in [6, 6.07) is 7.89. The zero-order valence-electron chi connectivity index (χ0n) is 11.5. The minimum absolute atomic E-state index is 0.215. The SMILES string of the molecule is COc1cc(NCc2c(F)cccc2Cl)c(OC)cc1Cl. The molecule has 0 bridgehead atoms. The number of nitrogens with one attached hydrogen (secondary N) is 1. The summed E-state index contributed by atoms with van der Waals surface area (Å²) in [5, 5.41) is 3.87. The molecule has 2 aromatic rings. The van der Waals surface area contributed by atoms with Crippen LogP contribution in [0, 0.1) is 5.82 Å². The van der Waals surface area contributed by atoms with Gasteiger partial charge in [-0.2, -0.15) is 0 Å². The summed E-state index contributed by atoms with van der Waals surface area (Å²) in [6.07, 6.45) is 0. The van der Waals surface area contributed by atoms with Crippen LogP contribution in [0.1, 0.15) is 5.56 Å². The number of benzene rings is 2. The van der Waals surface area contributed by atoms with Crippen LogP contribution in [0.3, 0.4) is 0 Å². The number of ether oxygens (including phenoxy) is 2. The summed E-state index contributed by atoms with van der Waals surface area (Å²) in [4.78, 5) is 0. The molecule has 0 saturated heterocycles. The molecule has 1 N–H and O–H groups in total. The fourth-order valence-corrected chi connectivity index (χ4v) is 2.34. The van der Waals surface area contributed by atoms with E-state index in [9.17, 15) is 4.39 Å². The summed E-state index contributed by atoms with van der Waals surface area (Å²) in [6.45, 7) is 0.215. The number of anilines is 1. The Kier molecular flexibility index (Phi) is 5.15. The van der Waals surface area contributed by atoms with Gasteiger partial charge in [0.25, 0.3) is 0 Å². The van der Waals surface area contributed by atoms with E-state index in [1.165, 1.54) is 20.3 Å². The molecule has 21 heavy (non-hydrogen) atoms. The van der Waals surface area contributed by atoms with Crippen LogP contribution in [0.25, 0.3) is 0 Å². The Balaban J connectivity index is 2.27. The number of rotatable bonds is 5. The van der Waals surface area contributed by atoms with Crippen molar-refractivity contribution >= 4 is 28.9 Å². The van der Waals surface area contributed by atoms with Gasteiger partial charge < -0.3 is 14.8 Å². The molecule has 0 saturated carbocycles. The molecule has 0 heterocycles. The van der Waals surface area contributed by atoms with Gasteiger partial charge in [0, 0.05) is 29.3 Å². The van der Waals surface area contributed by atoms with Crippen molar-refractivity contribution < 1.29 is 13.9 Å². The van der Waals surface area contributed by atoms with Crippen LogP contribution in [0.15, 0.2) is 30.3 Å². The van der Waals surface area contributed by atoms with Crippen molar-refractivity contribution in [2.45, 2.75) is 6.54 Å². The van der Waals surface area contributed by atoms with E-state index in [-0.39, 0.29) is 12.4 Å². The second-order valence-corrected chi connectivity index (χ2v) is 5.06. The predicted octanol–water partition coefficient (Wildman–Crippen LogP) is 4.76. The minimum atomic E-state index is -0.366. The predicted molar refractivity (Wildman–Crippen MR) is 83.3 cm³/mol. The molecule has 0 aromatic heterocycles. The second kappa shape index (κ2) is 6.87. The Bertz CT molecular complexity index is 630. The second-order valence-electron chi connectivity index (χ2n) is 4.24. The Labute approximate surface area is 132 Å². The molecule has 6 heteroatoms. The lowest BCUT2D eigenvalue weighted by Gasteiger charge is -2.14. The van der Waals surface area contributed by atoms with E-state index in [4.69, 9.17) is 32.7 Å². The van der Waals surface area contributed by atoms with Crippen molar-refractivity contribution in [1.29, 1.82) is 0 Å². The summed E-state index contributed by atoms with van der Waals surface area (Å²) in [5.74, 6) is 0.669. The third-order valence-electron chi connectivity index (χ3n) is 2.99. The first kappa shape index (κ1) is 15.7. The lowest BCUT2D eigenvalue weighted by atomic mass is 10.2. The van der Waals surface area contributed by atoms with E-state index in [0.29, 0.717) is 32.8 Å². The zero-order chi connectivity index (χ0) is 15.4. The molecule has 0 unspecified atom stereocenters. The van der Waals surface area contributed by atoms with Gasteiger partial charge in [-0.15, -0.1) is 0 Å². The van der Waals surface area contributed by atoms with Crippen LogP contribution in [-0.2, 0) is 6.54 Å². The van der Waals surface area contributed by atoms with Crippen LogP contribution in [0.2, 0.25) is 10.0 Å². The first-order chi connectivity index (χ1) is 10.1. The van der Waals surface area contributed by atoms with Crippen LogP contribution >= 0.6 is 23.2 Å². The van der Waals surface area contributed by atoms with Gasteiger partial charge in [-0.05, 0) is 12.1 Å². The maximum Gasteiger partial charge on any atom is 0.143 e. The number of methoxy groups -OCH3 is 2. The maximum atomic E-state index is 13.7. The molecule has 3 nitrogen and oxygen atoms in total. The molecule has 0 aliphatic heterocycles. The topological polar surface area (TPSA) is 30.5 Å². The highest BCUT2D eigenvalue weighted by atomic mass is 35.5. The monoisotopic (exact) mass is 329 g/mol. The van der Waals surface area contributed by atoms with E-state index >= 15 is 0 Å². The summed E-state index contributed by atoms with van der Waals surface area (Å²) < 4.78 is 24.1. The summed E-state index contributed by atoms with van der Waals surface area (Å²) >= 11 is 12.0. The van der Waals surface area contributed by atoms with Crippen LogP contribution in [0.4, 0.5) is 10.1 Å². The Morgan fingerprint density at radius 3 is 2.38 bits per heavy atom. The van der Waals surface area contributed by atoms with Gasteiger partial charge in [-0.1, -0.05) is 29.3 Å². The van der Waals surface area contributed by atoms with Crippen molar-refractivity contribution in [2.75, 3.05) is 19.5 Å². The molecule has 112 valence electrons. The molecular formula is C15H14Cl2FNO2. The highest BCUT2D eigenvalue weighted by molar-refractivity contribution is 6.32. The third kappa shape index (κ3) is 3.52. The number of halogens is 3. The molecule has 0 amide bonds. The van der Waals surface area contributed by atoms with E-state index in [1.54, 1.807) is 24.3 Å². The van der Waals surface area contributed by atoms with Gasteiger partial charge in [-0.25, -0.2) is 4.39 Å². The van der Waals surface area contributed by atoms with Crippen molar-refractivity contribution in [2.24, 2.45) is 0 Å². The highest BCUT2D eigenvalue weighted by Gasteiger charge is 2.12. The minimum Gasteiger partial charge on any atom is -0.495 e. The smallest absolute Gasteiger partial charge is 0.143 e. The van der Waals surface area contributed by atoms with Crippen LogP contribution < -0.4 is 14.8 Å². The van der Waals surface area contributed by atoms with Gasteiger partial charge in [0.05, 0.1) is 24.9 Å². The molecule has 0 radical (unpaired) electrons. The molecule has 0 aliphatic carbocycles. The van der Waals surface area contributed by atoms with E-state index in [2.05, 4.69) is 5.32 Å². The average molecular weight is 330 g/mol. The quantitative estimate of drug-likeness (QED) is 0.857. The fraction of sp³-hybridized carbons (Fsp3) is 0.200. The van der Waals surface area contributed by atoms with Crippen molar-refractivity contribution in [3.63, 3.8) is 0 Å². The first-order valence-electron chi connectivity index (χ1n) is 6.15. The van der Waals surface area contributed by atoms with Crippen molar-refractivity contribution in [3.8, 4) is 11.5 Å². The number of hydrogen-bond donors (Lipinski definition) is 1. The first-order valence-corrected chi connectivity index (χ1v) is 6.90. The van der Waals surface area contributed by atoms with E-state index in [0.717, 1.165) is 0 Å². The highest BCUT2D eigenvalue weighted by Crippen LogP contribution is 2.36. The molecular weight excluding hydrogens is 316 g/mol. The lowest BCUT2D eigenvalue weighted by Crippen LogP contribution is -2.04. The Morgan fingerprint density at radius 2 is 1.76 bits per heavy atom. The normalized spacial score (nSPS) is 10.3. The standard InChI is InChI=1S/C15H14Cl2FNO2/c1-20-14-7-13(15(21-2)6-11(14)17)19-8-9-10(16)4-3-5-12(9)18/h3-7,19H,8H2,1-2H3. The fourth-order valence-electron chi connectivity index (χ4n) is 1.88. The molecule has 2 rings (SSSR count). The molecule has 0 fully saturated rings. The number of hydrogen-bond acceptors (Lipinski definition) is 3. The zero-order valence-corrected chi connectivity index (χ0v) is 13.1. The maximum absolute atomic E-state index is 13.7. The van der Waals surface area contributed by atoms with Crippen molar-refractivity contribution in [1.82, 2.24) is 0 Å². The van der Waals surface area contributed by atoms with E-state index < -0.39 is 0 Å². The van der Waals surface area contributed by atoms with Gasteiger partial charge in [0.15, 0.2) is 0 Å². The largest absolute Gasteiger partial charge is 0.495 e. The lowest BCUT2D eigenvalue weighted by molar-refractivity contribution is 0.404. The molecule has 0 aliphatic rings. The molecule has 0 atom stereocenters. The van der Waals surface area contributed by atoms with Gasteiger partial charge in [-0.3, -0.25) is 0 Å². The van der Waals surface area contributed by atoms with Gasteiger partial charge in [0.1, 0.15) is 17.3 Å². The summed E-state index contributed by atoms with van der Waals surface area (Å²) in [5.41, 5.74) is 1.02. The van der Waals surface area contributed by atoms with Crippen LogP contribution in [-0.4, -0.2) is 14.2 Å². The van der Waals surface area contributed by atoms with E-state index in [1.807, 2.05) is 0 Å². The third-order valence-corrected chi connectivity index (χ3v) is 3.64. The average Bonchev–Trinajstić information content (AvgIpc) is 2.47. The molecule has 0 spiro atoms. The van der Waals surface area contributed by atoms with Gasteiger partial charge >= 0.3 is 0 Å². The van der Waals surface area contributed by atoms with Crippen molar-refractivity contribution in [3.05, 3.63) is 51.8 Å². The van der Waals surface area contributed by atoms with Gasteiger partial charge in [0.2, 0.25) is 0 Å². The summed E-state index contributed by atoms with van der Waals surface area (Å²) in [7, 11) is 3.05. The Hall–Kier alpha value is -1.65. The molecule has 2 aromatic carbocycles. The van der Waals surface area contributed by atoms with Crippen LogP contribution in [0.5, 0.6) is 11.5 Å².